The van der Waals surface area contributed by atoms with Gasteiger partial charge in [-0.05, 0) is 35.9 Å². The van der Waals surface area contributed by atoms with E-state index in [2.05, 4.69) is 26.2 Å². The Labute approximate surface area is 114 Å². The first-order valence-corrected chi connectivity index (χ1v) is 6.59. The molecule has 0 amide bonds. The maximum absolute atomic E-state index is 13.1. The van der Waals surface area contributed by atoms with Crippen LogP contribution in [0.25, 0.3) is 0 Å². The van der Waals surface area contributed by atoms with Crippen molar-refractivity contribution in [3.8, 4) is 0 Å². The lowest BCUT2D eigenvalue weighted by molar-refractivity contribution is 0.618. The molecular weight excluding hydrogens is 295 g/mol. The van der Waals surface area contributed by atoms with Gasteiger partial charge in [0.25, 0.3) is 0 Å². The van der Waals surface area contributed by atoms with Crippen LogP contribution in [0.15, 0.2) is 47.1 Å². The molecule has 2 aromatic rings. The third kappa shape index (κ3) is 4.20. The SMILES string of the molecule is Fc1cc(Br)cc(CNCCc2ccccn2)c1. The molecular formula is C14H14BrFN2. The van der Waals surface area contributed by atoms with Gasteiger partial charge in [-0.15, -0.1) is 0 Å². The minimum absolute atomic E-state index is 0.217. The van der Waals surface area contributed by atoms with E-state index < -0.39 is 0 Å². The van der Waals surface area contributed by atoms with E-state index in [4.69, 9.17) is 0 Å². The van der Waals surface area contributed by atoms with Crippen LogP contribution in [0.3, 0.4) is 0 Å². The highest BCUT2D eigenvalue weighted by Gasteiger charge is 1.99. The average Bonchev–Trinajstić information content (AvgIpc) is 2.35. The van der Waals surface area contributed by atoms with Crippen molar-refractivity contribution in [3.05, 3.63) is 64.1 Å². The van der Waals surface area contributed by atoms with Crippen LogP contribution in [0.1, 0.15) is 11.3 Å². The predicted octanol–water partition coefficient (Wildman–Crippen LogP) is 3.32. The van der Waals surface area contributed by atoms with Crippen LogP contribution in [0, 0.1) is 5.82 Å². The molecule has 0 saturated heterocycles. The molecule has 0 fully saturated rings. The molecule has 4 heteroatoms. The van der Waals surface area contributed by atoms with E-state index in [9.17, 15) is 4.39 Å². The lowest BCUT2D eigenvalue weighted by Gasteiger charge is -2.05. The first-order valence-electron chi connectivity index (χ1n) is 5.79. The summed E-state index contributed by atoms with van der Waals surface area (Å²) in [7, 11) is 0. The Morgan fingerprint density at radius 1 is 1.22 bits per heavy atom. The number of nitrogens with one attached hydrogen (secondary N) is 1. The molecule has 0 atom stereocenters. The number of hydrogen-bond donors (Lipinski definition) is 1. The first kappa shape index (κ1) is 13.2. The Bertz CT molecular complexity index is 482. The zero-order valence-corrected chi connectivity index (χ0v) is 11.5. The van der Waals surface area contributed by atoms with Crippen molar-refractivity contribution < 1.29 is 4.39 Å². The van der Waals surface area contributed by atoms with Gasteiger partial charge in [-0.3, -0.25) is 4.98 Å². The van der Waals surface area contributed by atoms with E-state index in [-0.39, 0.29) is 5.82 Å². The van der Waals surface area contributed by atoms with Crippen molar-refractivity contribution in [3.63, 3.8) is 0 Å². The van der Waals surface area contributed by atoms with Crippen molar-refractivity contribution in [2.24, 2.45) is 0 Å². The Morgan fingerprint density at radius 2 is 2.11 bits per heavy atom. The molecule has 1 aromatic carbocycles. The van der Waals surface area contributed by atoms with Crippen LogP contribution in [-0.4, -0.2) is 11.5 Å². The molecule has 1 heterocycles. The second kappa shape index (κ2) is 6.61. The average molecular weight is 309 g/mol. The summed E-state index contributed by atoms with van der Waals surface area (Å²) in [5.74, 6) is -0.217. The summed E-state index contributed by atoms with van der Waals surface area (Å²) in [4.78, 5) is 4.24. The number of hydrogen-bond acceptors (Lipinski definition) is 2. The van der Waals surface area contributed by atoms with E-state index >= 15 is 0 Å². The highest BCUT2D eigenvalue weighted by Crippen LogP contribution is 2.14. The number of aromatic nitrogens is 1. The van der Waals surface area contributed by atoms with E-state index in [1.165, 1.54) is 6.07 Å². The fourth-order valence-corrected chi connectivity index (χ4v) is 2.22. The van der Waals surface area contributed by atoms with Gasteiger partial charge in [0.05, 0.1) is 0 Å². The van der Waals surface area contributed by atoms with E-state index in [0.717, 1.165) is 28.7 Å². The van der Waals surface area contributed by atoms with Crippen LogP contribution in [0.4, 0.5) is 4.39 Å². The van der Waals surface area contributed by atoms with Gasteiger partial charge in [-0.2, -0.15) is 0 Å². The topological polar surface area (TPSA) is 24.9 Å². The molecule has 0 bridgehead atoms. The Balaban J connectivity index is 1.78. The predicted molar refractivity (Wildman–Crippen MR) is 73.7 cm³/mol. The molecule has 2 rings (SSSR count). The second-order valence-electron chi connectivity index (χ2n) is 4.03. The van der Waals surface area contributed by atoms with E-state index in [1.54, 1.807) is 12.3 Å². The maximum atomic E-state index is 13.1. The molecule has 94 valence electrons. The standard InChI is InChI=1S/C14H14BrFN2/c15-12-7-11(8-13(16)9-12)10-17-6-4-14-3-1-2-5-18-14/h1-3,5,7-9,17H,4,6,10H2. The summed E-state index contributed by atoms with van der Waals surface area (Å²) in [5, 5.41) is 3.28. The van der Waals surface area contributed by atoms with Gasteiger partial charge in [0, 0.05) is 35.9 Å². The van der Waals surface area contributed by atoms with Crippen LogP contribution >= 0.6 is 15.9 Å². The fourth-order valence-electron chi connectivity index (χ4n) is 1.71. The number of rotatable bonds is 5. The van der Waals surface area contributed by atoms with Crippen LogP contribution < -0.4 is 5.32 Å². The molecule has 0 spiro atoms. The largest absolute Gasteiger partial charge is 0.312 e. The molecule has 18 heavy (non-hydrogen) atoms. The van der Waals surface area contributed by atoms with Crippen molar-refractivity contribution in [2.75, 3.05) is 6.54 Å². The zero-order chi connectivity index (χ0) is 12.8. The molecule has 0 unspecified atom stereocenters. The van der Waals surface area contributed by atoms with Gasteiger partial charge in [-0.25, -0.2) is 4.39 Å². The number of nitrogens with zero attached hydrogens (tertiary/aromatic N) is 1. The summed E-state index contributed by atoms with van der Waals surface area (Å²) < 4.78 is 13.9. The zero-order valence-electron chi connectivity index (χ0n) is 9.87. The van der Waals surface area contributed by atoms with Gasteiger partial charge >= 0.3 is 0 Å². The lowest BCUT2D eigenvalue weighted by atomic mass is 10.2. The van der Waals surface area contributed by atoms with Crippen molar-refractivity contribution in [1.82, 2.24) is 10.3 Å². The van der Waals surface area contributed by atoms with Gasteiger partial charge < -0.3 is 5.32 Å². The highest BCUT2D eigenvalue weighted by atomic mass is 79.9. The summed E-state index contributed by atoms with van der Waals surface area (Å²) >= 11 is 3.28. The van der Waals surface area contributed by atoms with Crippen molar-refractivity contribution >= 4 is 15.9 Å². The summed E-state index contributed by atoms with van der Waals surface area (Å²) in [6.07, 6.45) is 2.66. The molecule has 2 nitrogen and oxygen atoms in total. The molecule has 0 saturated carbocycles. The van der Waals surface area contributed by atoms with Gasteiger partial charge in [0.2, 0.25) is 0 Å². The smallest absolute Gasteiger partial charge is 0.124 e. The van der Waals surface area contributed by atoms with E-state index in [0.29, 0.717) is 6.54 Å². The fraction of sp³-hybridized carbons (Fsp3) is 0.214. The van der Waals surface area contributed by atoms with Gasteiger partial charge in [-0.1, -0.05) is 22.0 Å². The number of halogens is 2. The number of pyridine rings is 1. The Hall–Kier alpha value is -1.26. The Morgan fingerprint density at radius 3 is 2.83 bits per heavy atom. The minimum atomic E-state index is -0.217. The van der Waals surface area contributed by atoms with E-state index in [1.807, 2.05) is 24.3 Å². The molecule has 0 aliphatic rings. The summed E-state index contributed by atoms with van der Waals surface area (Å²) in [5.41, 5.74) is 1.99. The maximum Gasteiger partial charge on any atom is 0.124 e. The quantitative estimate of drug-likeness (QED) is 0.857. The second-order valence-corrected chi connectivity index (χ2v) is 4.94. The molecule has 0 aliphatic heterocycles. The molecule has 0 radical (unpaired) electrons. The molecule has 1 N–H and O–H groups in total. The van der Waals surface area contributed by atoms with Crippen LogP contribution in [0.2, 0.25) is 0 Å². The third-order valence-corrected chi connectivity index (χ3v) is 2.99. The summed E-state index contributed by atoms with van der Waals surface area (Å²) in [6, 6.07) is 10.8. The third-order valence-electron chi connectivity index (χ3n) is 2.54. The Kier molecular flexibility index (Phi) is 4.84. The van der Waals surface area contributed by atoms with Crippen molar-refractivity contribution in [1.29, 1.82) is 0 Å². The monoisotopic (exact) mass is 308 g/mol. The van der Waals surface area contributed by atoms with Gasteiger partial charge in [0.15, 0.2) is 0 Å². The normalized spacial score (nSPS) is 10.6. The molecule has 1 aromatic heterocycles. The highest BCUT2D eigenvalue weighted by molar-refractivity contribution is 9.10. The lowest BCUT2D eigenvalue weighted by Crippen LogP contribution is -2.17. The number of benzene rings is 1. The van der Waals surface area contributed by atoms with Crippen LogP contribution in [0.5, 0.6) is 0 Å². The van der Waals surface area contributed by atoms with Gasteiger partial charge in [0.1, 0.15) is 5.82 Å². The first-order chi connectivity index (χ1) is 8.74. The van der Waals surface area contributed by atoms with Crippen molar-refractivity contribution in [2.45, 2.75) is 13.0 Å². The molecule has 0 aliphatic carbocycles. The summed E-state index contributed by atoms with van der Waals surface area (Å²) in [6.45, 7) is 1.48. The minimum Gasteiger partial charge on any atom is -0.312 e. The van der Waals surface area contributed by atoms with Crippen LogP contribution in [-0.2, 0) is 13.0 Å².